The molecule has 0 amide bonds. The van der Waals surface area contributed by atoms with Crippen molar-refractivity contribution in [3.63, 3.8) is 0 Å². The molecular weight excluding hydrogens is 308 g/mol. The Hall–Kier alpha value is -2.32. The molecule has 0 fully saturated rings. The minimum Gasteiger partial charge on any atom is -0.493 e. The molecule has 0 aliphatic heterocycles. The van der Waals surface area contributed by atoms with Gasteiger partial charge in [0.25, 0.3) is 0 Å². The van der Waals surface area contributed by atoms with E-state index in [9.17, 15) is 5.26 Å². The van der Waals surface area contributed by atoms with Gasteiger partial charge in [0.15, 0.2) is 11.5 Å². The highest BCUT2D eigenvalue weighted by Gasteiger charge is 2.20. The van der Waals surface area contributed by atoms with Crippen molar-refractivity contribution in [3.05, 3.63) is 39.8 Å². The molecule has 1 aromatic carbocycles. The number of methoxy groups -OCH3 is 2. The molecule has 0 bridgehead atoms. The van der Waals surface area contributed by atoms with Crippen molar-refractivity contribution in [1.29, 1.82) is 5.26 Å². The van der Waals surface area contributed by atoms with Crippen molar-refractivity contribution in [2.75, 3.05) is 14.2 Å². The van der Waals surface area contributed by atoms with Crippen molar-refractivity contribution < 1.29 is 9.47 Å². The topological polar surface area (TPSA) is 54.6 Å². The van der Waals surface area contributed by atoms with E-state index in [4.69, 9.17) is 9.47 Å². The molecule has 0 saturated carbocycles. The van der Waals surface area contributed by atoms with E-state index in [1.54, 1.807) is 31.8 Å². The predicted molar refractivity (Wildman–Crippen MR) is 92.5 cm³/mol. The summed E-state index contributed by atoms with van der Waals surface area (Å²) in [5, 5.41) is 10.3. The summed E-state index contributed by atoms with van der Waals surface area (Å²) in [7, 11) is 3.22. The van der Waals surface area contributed by atoms with Gasteiger partial charge < -0.3 is 9.47 Å². The summed E-state index contributed by atoms with van der Waals surface area (Å²) in [6.45, 7) is 0. The number of fused-ring (bicyclic) bond motifs is 1. The van der Waals surface area contributed by atoms with E-state index >= 15 is 0 Å². The van der Waals surface area contributed by atoms with Crippen LogP contribution in [0, 0.1) is 11.3 Å². The number of hydrogen-bond donors (Lipinski definition) is 0. The maximum Gasteiger partial charge on any atom is 0.161 e. The maximum absolute atomic E-state index is 9.46. The molecule has 0 saturated heterocycles. The Kier molecular flexibility index (Phi) is 4.63. The van der Waals surface area contributed by atoms with Crippen LogP contribution in [0.4, 0.5) is 5.00 Å². The summed E-state index contributed by atoms with van der Waals surface area (Å²) < 4.78 is 10.5. The van der Waals surface area contributed by atoms with E-state index in [0.717, 1.165) is 35.4 Å². The van der Waals surface area contributed by atoms with Crippen molar-refractivity contribution >= 4 is 22.6 Å². The lowest BCUT2D eigenvalue weighted by Crippen LogP contribution is -1.99. The minimum atomic E-state index is 0.669. The summed E-state index contributed by atoms with van der Waals surface area (Å²) in [6.07, 6.45) is 6.22. The van der Waals surface area contributed by atoms with E-state index in [2.05, 4.69) is 11.1 Å². The molecule has 0 spiro atoms. The number of aliphatic imine (C=N–C) groups is 1. The van der Waals surface area contributed by atoms with Crippen LogP contribution in [0.5, 0.6) is 11.5 Å². The van der Waals surface area contributed by atoms with Gasteiger partial charge in [-0.25, -0.2) is 4.99 Å². The molecule has 0 radical (unpaired) electrons. The lowest BCUT2D eigenvalue weighted by molar-refractivity contribution is 0.355. The van der Waals surface area contributed by atoms with Crippen molar-refractivity contribution in [2.24, 2.45) is 4.99 Å². The standard InChI is InChI=1S/C18H18N2O2S/c1-21-15-8-7-12(9-16(15)22-2)11-20-18-14(10-19)13-5-3-4-6-17(13)23-18/h7-9,11H,3-6H2,1-2H3/b20-11+. The molecule has 3 rings (SSSR count). The summed E-state index contributed by atoms with van der Waals surface area (Å²) in [5.74, 6) is 1.36. The highest BCUT2D eigenvalue weighted by Crippen LogP contribution is 2.39. The van der Waals surface area contributed by atoms with E-state index in [1.165, 1.54) is 16.9 Å². The average molecular weight is 326 g/mol. The van der Waals surface area contributed by atoms with E-state index in [1.807, 2.05) is 18.2 Å². The van der Waals surface area contributed by atoms with Gasteiger partial charge in [-0.15, -0.1) is 11.3 Å². The fourth-order valence-electron chi connectivity index (χ4n) is 2.82. The Morgan fingerprint density at radius 3 is 2.70 bits per heavy atom. The van der Waals surface area contributed by atoms with E-state index in [0.29, 0.717) is 11.5 Å². The van der Waals surface area contributed by atoms with E-state index < -0.39 is 0 Å². The third-order valence-electron chi connectivity index (χ3n) is 4.00. The van der Waals surface area contributed by atoms with Gasteiger partial charge in [0.05, 0.1) is 19.8 Å². The first-order valence-corrected chi connectivity index (χ1v) is 8.39. The summed E-state index contributed by atoms with van der Waals surface area (Å²) in [4.78, 5) is 5.88. The zero-order valence-electron chi connectivity index (χ0n) is 13.3. The van der Waals surface area contributed by atoms with Crippen LogP contribution >= 0.6 is 11.3 Å². The van der Waals surface area contributed by atoms with Gasteiger partial charge in [-0.1, -0.05) is 0 Å². The predicted octanol–water partition coefficient (Wildman–Crippen LogP) is 4.27. The Balaban J connectivity index is 1.92. The van der Waals surface area contributed by atoms with Gasteiger partial charge in [-0.3, -0.25) is 0 Å². The lowest BCUT2D eigenvalue weighted by atomic mass is 9.96. The van der Waals surface area contributed by atoms with Crippen LogP contribution < -0.4 is 9.47 Å². The monoisotopic (exact) mass is 326 g/mol. The molecule has 0 atom stereocenters. The molecule has 0 unspecified atom stereocenters. The molecule has 1 aliphatic carbocycles. The first-order chi connectivity index (χ1) is 11.3. The largest absolute Gasteiger partial charge is 0.493 e. The van der Waals surface area contributed by atoms with Crippen LogP contribution in [-0.4, -0.2) is 20.4 Å². The Labute approximate surface area is 140 Å². The summed E-state index contributed by atoms with van der Waals surface area (Å²) in [6, 6.07) is 7.98. The van der Waals surface area contributed by atoms with Crippen LogP contribution in [0.15, 0.2) is 23.2 Å². The van der Waals surface area contributed by atoms with Crippen LogP contribution in [0.2, 0.25) is 0 Å². The minimum absolute atomic E-state index is 0.669. The molecule has 23 heavy (non-hydrogen) atoms. The van der Waals surface area contributed by atoms with Crippen molar-refractivity contribution in [1.82, 2.24) is 0 Å². The molecule has 0 N–H and O–H groups in total. The lowest BCUT2D eigenvalue weighted by Gasteiger charge is -2.09. The number of rotatable bonds is 4. The number of nitrogens with zero attached hydrogens (tertiary/aromatic N) is 2. The van der Waals surface area contributed by atoms with Crippen LogP contribution in [0.25, 0.3) is 0 Å². The smallest absolute Gasteiger partial charge is 0.161 e. The number of hydrogen-bond acceptors (Lipinski definition) is 5. The third-order valence-corrected chi connectivity index (χ3v) is 5.20. The molecular formula is C18H18N2O2S. The van der Waals surface area contributed by atoms with Gasteiger partial charge >= 0.3 is 0 Å². The van der Waals surface area contributed by atoms with Crippen LogP contribution in [-0.2, 0) is 12.8 Å². The molecule has 1 aromatic heterocycles. The van der Waals surface area contributed by atoms with E-state index in [-0.39, 0.29) is 0 Å². The summed E-state index contributed by atoms with van der Waals surface area (Å²) in [5.41, 5.74) is 2.88. The van der Waals surface area contributed by atoms with Gasteiger partial charge in [-0.2, -0.15) is 5.26 Å². The SMILES string of the molecule is COc1ccc(/C=N/c2sc3c(c2C#N)CCCC3)cc1OC. The maximum atomic E-state index is 9.46. The molecule has 1 aliphatic rings. The van der Waals surface area contributed by atoms with Crippen molar-refractivity contribution in [2.45, 2.75) is 25.7 Å². The van der Waals surface area contributed by atoms with Crippen LogP contribution in [0.3, 0.4) is 0 Å². The van der Waals surface area contributed by atoms with Gasteiger partial charge in [0, 0.05) is 11.1 Å². The molecule has 5 heteroatoms. The molecule has 1 heterocycles. The molecule has 4 nitrogen and oxygen atoms in total. The first-order valence-electron chi connectivity index (χ1n) is 7.57. The van der Waals surface area contributed by atoms with Gasteiger partial charge in [0.1, 0.15) is 11.1 Å². The zero-order valence-corrected chi connectivity index (χ0v) is 14.1. The number of benzene rings is 1. The summed E-state index contributed by atoms with van der Waals surface area (Å²) >= 11 is 1.65. The Bertz CT molecular complexity index is 787. The number of thiophene rings is 1. The first kappa shape index (κ1) is 15.6. The fourth-order valence-corrected chi connectivity index (χ4v) is 4.01. The number of ether oxygens (including phenoxy) is 2. The second-order valence-electron chi connectivity index (χ2n) is 5.38. The average Bonchev–Trinajstić information content (AvgIpc) is 2.97. The Morgan fingerprint density at radius 1 is 1.17 bits per heavy atom. The molecule has 118 valence electrons. The van der Waals surface area contributed by atoms with Crippen molar-refractivity contribution in [3.8, 4) is 17.6 Å². The fraction of sp³-hybridized carbons (Fsp3) is 0.333. The highest BCUT2D eigenvalue weighted by molar-refractivity contribution is 7.16. The Morgan fingerprint density at radius 2 is 1.96 bits per heavy atom. The zero-order chi connectivity index (χ0) is 16.2. The number of nitriles is 1. The van der Waals surface area contributed by atoms with Gasteiger partial charge in [0.2, 0.25) is 0 Å². The number of aryl methyl sites for hydroxylation is 1. The highest BCUT2D eigenvalue weighted by atomic mass is 32.1. The quantitative estimate of drug-likeness (QED) is 0.789. The third kappa shape index (κ3) is 3.08. The normalized spacial score (nSPS) is 13.6. The second kappa shape index (κ2) is 6.84. The van der Waals surface area contributed by atoms with Gasteiger partial charge in [-0.05, 0) is 55.0 Å². The second-order valence-corrected chi connectivity index (χ2v) is 6.46. The molecule has 2 aromatic rings. The van der Waals surface area contributed by atoms with Crippen LogP contribution in [0.1, 0.15) is 34.4 Å².